The monoisotopic (exact) mass is 484 g/mol. The lowest BCUT2D eigenvalue weighted by molar-refractivity contribution is 1.31. The summed E-state index contributed by atoms with van der Waals surface area (Å²) in [5.74, 6) is 0. The highest BCUT2D eigenvalue weighted by atomic mass is 127. The third-order valence-corrected chi connectivity index (χ3v) is 3.77. The van der Waals surface area contributed by atoms with Gasteiger partial charge in [-0.1, -0.05) is 51.2 Å². The van der Waals surface area contributed by atoms with Crippen molar-refractivity contribution < 1.29 is 0 Å². The molecule has 0 aliphatic heterocycles. The summed E-state index contributed by atoms with van der Waals surface area (Å²) >= 11 is 7.18. The summed E-state index contributed by atoms with van der Waals surface area (Å²) in [5, 5.41) is 0. The predicted molar refractivity (Wildman–Crippen MR) is 74.6 cm³/mol. The molecule has 0 N–H and O–H groups in total. The van der Waals surface area contributed by atoms with Crippen LogP contribution in [-0.2, 0) is 8.86 Å². The minimum Gasteiger partial charge on any atom is -0.0812 e. The molecule has 60 valence electrons. The number of rotatable bonds is 2. The number of benzene rings is 1. The Kier molecular flexibility index (Phi) is 4.97. The molecule has 0 saturated carbocycles. The molecule has 0 aromatic heterocycles. The Morgan fingerprint density at radius 1 is 1.00 bits per heavy atom. The van der Waals surface area contributed by atoms with Gasteiger partial charge in [0.1, 0.15) is 0 Å². The fourth-order valence-corrected chi connectivity index (χ4v) is 2.86. The van der Waals surface area contributed by atoms with Crippen LogP contribution in [0.25, 0.3) is 0 Å². The zero-order valence-corrected chi connectivity index (χ0v) is 12.3. The van der Waals surface area contributed by atoms with Gasteiger partial charge >= 0.3 is 0 Å². The van der Waals surface area contributed by atoms with Crippen LogP contribution in [0.15, 0.2) is 18.2 Å². The molecule has 0 fully saturated rings. The topological polar surface area (TPSA) is 0 Å². The molecule has 1 aromatic rings. The molecular weight excluding hydrogens is 477 g/mol. The Bertz CT molecular complexity index is 245. The zero-order valence-electron chi connectivity index (χ0n) is 5.78. The molecule has 0 bridgehead atoms. The highest BCUT2D eigenvalue weighted by Crippen LogP contribution is 2.19. The molecule has 1 aromatic carbocycles. The summed E-state index contributed by atoms with van der Waals surface area (Å²) in [6, 6.07) is 6.66. The standard InChI is InChI=1S/C8H7I3/c9-4-6-1-2-8(11)3-7(6)5-10/h1-3H,4-5H2. The van der Waals surface area contributed by atoms with Crippen LogP contribution >= 0.6 is 67.8 Å². The maximum Gasteiger partial charge on any atom is 0.0250 e. The number of hydrogen-bond donors (Lipinski definition) is 0. The number of halogens is 3. The van der Waals surface area contributed by atoms with Gasteiger partial charge in [0.2, 0.25) is 0 Å². The first kappa shape index (κ1) is 10.5. The number of alkyl halides is 2. The Balaban J connectivity index is 3.06. The molecule has 0 amide bonds. The summed E-state index contributed by atoms with van der Waals surface area (Å²) < 4.78 is 3.57. The first-order valence-electron chi connectivity index (χ1n) is 3.17. The van der Waals surface area contributed by atoms with Gasteiger partial charge in [-0.25, -0.2) is 0 Å². The first-order chi connectivity index (χ1) is 5.27. The summed E-state index contributed by atoms with van der Waals surface area (Å²) in [4.78, 5) is 0. The van der Waals surface area contributed by atoms with Gasteiger partial charge in [0.05, 0.1) is 0 Å². The van der Waals surface area contributed by atoms with Gasteiger partial charge in [0, 0.05) is 12.4 Å². The van der Waals surface area contributed by atoms with Crippen molar-refractivity contribution in [3.05, 3.63) is 32.9 Å². The van der Waals surface area contributed by atoms with Crippen LogP contribution in [0.4, 0.5) is 0 Å². The van der Waals surface area contributed by atoms with Crippen molar-refractivity contribution >= 4 is 67.8 Å². The lowest BCUT2D eigenvalue weighted by Gasteiger charge is -2.03. The van der Waals surface area contributed by atoms with Crippen molar-refractivity contribution in [2.24, 2.45) is 0 Å². The fraction of sp³-hybridized carbons (Fsp3) is 0.250. The van der Waals surface area contributed by atoms with Crippen LogP contribution in [-0.4, -0.2) is 0 Å². The third-order valence-electron chi connectivity index (χ3n) is 1.46. The van der Waals surface area contributed by atoms with Gasteiger partial charge in [-0.15, -0.1) is 0 Å². The summed E-state index contributed by atoms with van der Waals surface area (Å²) in [7, 11) is 0. The maximum atomic E-state index is 2.41. The van der Waals surface area contributed by atoms with Crippen LogP contribution in [0.2, 0.25) is 0 Å². The highest BCUT2D eigenvalue weighted by molar-refractivity contribution is 14.1. The second-order valence-electron chi connectivity index (χ2n) is 2.18. The van der Waals surface area contributed by atoms with Gasteiger partial charge < -0.3 is 0 Å². The molecular formula is C8H7I3. The van der Waals surface area contributed by atoms with Crippen LogP contribution < -0.4 is 0 Å². The molecule has 0 spiro atoms. The van der Waals surface area contributed by atoms with E-state index in [1.807, 2.05) is 0 Å². The van der Waals surface area contributed by atoms with Crippen LogP contribution in [0.5, 0.6) is 0 Å². The Morgan fingerprint density at radius 3 is 2.18 bits per heavy atom. The summed E-state index contributed by atoms with van der Waals surface area (Å²) in [6.07, 6.45) is 0. The smallest absolute Gasteiger partial charge is 0.0250 e. The van der Waals surface area contributed by atoms with E-state index >= 15 is 0 Å². The molecule has 0 unspecified atom stereocenters. The van der Waals surface area contributed by atoms with Crippen molar-refractivity contribution in [1.82, 2.24) is 0 Å². The molecule has 0 heterocycles. The molecule has 3 heteroatoms. The van der Waals surface area contributed by atoms with Crippen LogP contribution in [0.1, 0.15) is 11.1 Å². The van der Waals surface area contributed by atoms with Gasteiger partial charge in [0.25, 0.3) is 0 Å². The Hall–Kier alpha value is 1.41. The van der Waals surface area contributed by atoms with Crippen LogP contribution in [0, 0.1) is 3.57 Å². The van der Waals surface area contributed by atoms with E-state index < -0.39 is 0 Å². The number of hydrogen-bond acceptors (Lipinski definition) is 0. The van der Waals surface area contributed by atoms with Crippen molar-refractivity contribution in [3.63, 3.8) is 0 Å². The van der Waals surface area contributed by atoms with Crippen molar-refractivity contribution in [3.8, 4) is 0 Å². The fourth-order valence-electron chi connectivity index (χ4n) is 0.849. The van der Waals surface area contributed by atoms with Gasteiger partial charge in [0.15, 0.2) is 0 Å². The van der Waals surface area contributed by atoms with Crippen molar-refractivity contribution in [2.45, 2.75) is 8.86 Å². The van der Waals surface area contributed by atoms with E-state index in [1.165, 1.54) is 14.7 Å². The quantitative estimate of drug-likeness (QED) is 0.438. The second-order valence-corrected chi connectivity index (χ2v) is 4.95. The largest absolute Gasteiger partial charge is 0.0812 e. The first-order valence-corrected chi connectivity index (χ1v) is 7.30. The van der Waals surface area contributed by atoms with E-state index in [9.17, 15) is 0 Å². The van der Waals surface area contributed by atoms with Crippen molar-refractivity contribution in [2.75, 3.05) is 0 Å². The van der Waals surface area contributed by atoms with E-state index in [0.29, 0.717) is 0 Å². The minimum absolute atomic E-state index is 1.12. The van der Waals surface area contributed by atoms with E-state index in [-0.39, 0.29) is 0 Å². The molecule has 0 radical (unpaired) electrons. The molecule has 11 heavy (non-hydrogen) atoms. The zero-order chi connectivity index (χ0) is 8.27. The normalized spacial score (nSPS) is 10.1. The lowest BCUT2D eigenvalue weighted by Crippen LogP contribution is -1.87. The van der Waals surface area contributed by atoms with E-state index in [2.05, 4.69) is 86.0 Å². The molecule has 1 rings (SSSR count). The molecule has 0 aliphatic carbocycles. The maximum absolute atomic E-state index is 2.41. The summed E-state index contributed by atoms with van der Waals surface area (Å²) in [6.45, 7) is 0. The lowest BCUT2D eigenvalue weighted by atomic mass is 10.1. The Labute approximate surface area is 108 Å². The third kappa shape index (κ3) is 2.98. The average molecular weight is 484 g/mol. The SMILES string of the molecule is ICc1ccc(I)cc1CI. The van der Waals surface area contributed by atoms with E-state index in [4.69, 9.17) is 0 Å². The molecule has 0 aliphatic rings. The van der Waals surface area contributed by atoms with Gasteiger partial charge in [-0.3, -0.25) is 0 Å². The highest BCUT2D eigenvalue weighted by Gasteiger charge is 1.99. The van der Waals surface area contributed by atoms with Crippen molar-refractivity contribution in [1.29, 1.82) is 0 Å². The van der Waals surface area contributed by atoms with Gasteiger partial charge in [-0.2, -0.15) is 0 Å². The second kappa shape index (κ2) is 5.21. The molecule has 0 atom stereocenters. The minimum atomic E-state index is 1.12. The predicted octanol–water partition coefficient (Wildman–Crippen LogP) is 4.16. The molecule has 0 nitrogen and oxygen atoms in total. The van der Waals surface area contributed by atoms with Gasteiger partial charge in [-0.05, 0) is 45.9 Å². The molecule has 0 saturated heterocycles. The summed E-state index contributed by atoms with van der Waals surface area (Å²) in [5.41, 5.74) is 2.95. The van der Waals surface area contributed by atoms with E-state index in [0.717, 1.165) is 8.86 Å². The van der Waals surface area contributed by atoms with E-state index in [1.54, 1.807) is 0 Å². The van der Waals surface area contributed by atoms with Crippen LogP contribution in [0.3, 0.4) is 0 Å². The Morgan fingerprint density at radius 2 is 1.64 bits per heavy atom. The average Bonchev–Trinajstić information content (AvgIpc) is 2.04.